The number of halogens is 1. The summed E-state index contributed by atoms with van der Waals surface area (Å²) in [4.78, 5) is 10.6. The summed E-state index contributed by atoms with van der Waals surface area (Å²) in [6, 6.07) is 6.32. The minimum absolute atomic E-state index is 0.245. The summed E-state index contributed by atoms with van der Waals surface area (Å²) in [5, 5.41) is 3.29. The number of hydrogen-bond acceptors (Lipinski definition) is 4. The summed E-state index contributed by atoms with van der Waals surface area (Å²) >= 11 is 0. The van der Waals surface area contributed by atoms with E-state index >= 15 is 0 Å². The number of benzene rings is 1. The lowest BCUT2D eigenvalue weighted by molar-refractivity contribution is 0.628. The number of nitrogens with zero attached hydrogens (tertiary/aromatic N) is 3. The van der Waals surface area contributed by atoms with Crippen molar-refractivity contribution in [2.75, 3.05) is 18.5 Å². The van der Waals surface area contributed by atoms with Crippen molar-refractivity contribution in [1.29, 1.82) is 0 Å². The molecule has 1 aromatic heterocycles. The van der Waals surface area contributed by atoms with Crippen LogP contribution in [0.1, 0.15) is 19.0 Å². The fraction of sp³-hybridized carbons (Fsp3) is 0.333. The largest absolute Gasteiger partial charge is 0.328 e. The number of rotatable bonds is 6. The Balaban J connectivity index is 2.11. The second-order valence-corrected chi connectivity index (χ2v) is 4.58. The highest BCUT2D eigenvalue weighted by Crippen LogP contribution is 2.21. The second-order valence-electron chi connectivity index (χ2n) is 4.58. The van der Waals surface area contributed by atoms with Gasteiger partial charge in [-0.05, 0) is 37.2 Å². The average Bonchev–Trinajstić information content (AvgIpc) is 2.48. The minimum Gasteiger partial charge on any atom is -0.328 e. The van der Waals surface area contributed by atoms with Crippen LogP contribution in [0.25, 0.3) is 0 Å². The quantitative estimate of drug-likeness (QED) is 0.822. The molecule has 0 bridgehead atoms. The maximum atomic E-state index is 12.9. The van der Waals surface area contributed by atoms with E-state index in [1.807, 2.05) is 11.9 Å². The smallest absolute Gasteiger partial charge is 0.151 e. The Morgan fingerprint density at radius 3 is 2.65 bits per heavy atom. The van der Waals surface area contributed by atoms with E-state index in [4.69, 9.17) is 0 Å². The molecule has 0 aliphatic carbocycles. The van der Waals surface area contributed by atoms with Crippen LogP contribution in [-0.4, -0.2) is 23.6 Å². The summed E-state index contributed by atoms with van der Waals surface area (Å²) in [7, 11) is 1.89. The summed E-state index contributed by atoms with van der Waals surface area (Å²) < 4.78 is 12.9. The highest BCUT2D eigenvalue weighted by Gasteiger charge is 2.07. The van der Waals surface area contributed by atoms with Crippen molar-refractivity contribution in [3.8, 4) is 0 Å². The first-order valence-corrected chi connectivity index (χ1v) is 6.71. The predicted molar refractivity (Wildman–Crippen MR) is 78.5 cm³/mol. The Labute approximate surface area is 118 Å². The van der Waals surface area contributed by atoms with Gasteiger partial charge < -0.3 is 10.2 Å². The highest BCUT2D eigenvalue weighted by molar-refractivity contribution is 5.58. The van der Waals surface area contributed by atoms with Gasteiger partial charge in [-0.25, -0.2) is 9.37 Å². The van der Waals surface area contributed by atoms with Crippen molar-refractivity contribution in [3.05, 3.63) is 48.2 Å². The molecular weight excluding hydrogens is 255 g/mol. The first kappa shape index (κ1) is 14.4. The molecule has 0 saturated carbocycles. The van der Waals surface area contributed by atoms with Crippen LogP contribution >= 0.6 is 0 Å². The molecule has 0 amide bonds. The lowest BCUT2D eigenvalue weighted by Gasteiger charge is -2.18. The van der Waals surface area contributed by atoms with Gasteiger partial charge in [-0.1, -0.05) is 6.92 Å². The average molecular weight is 274 g/mol. The molecule has 0 fully saturated rings. The molecule has 0 spiro atoms. The third-order valence-corrected chi connectivity index (χ3v) is 2.96. The molecule has 5 heteroatoms. The van der Waals surface area contributed by atoms with Crippen LogP contribution in [0.2, 0.25) is 0 Å². The standard InChI is InChI=1S/C15H19FN4/c1-3-8-17-9-13-10-18-11-15(19-13)20(2)14-6-4-12(16)5-7-14/h4-7,10-11,17H,3,8-9H2,1-2H3. The zero-order valence-corrected chi connectivity index (χ0v) is 11.8. The zero-order valence-electron chi connectivity index (χ0n) is 11.8. The van der Waals surface area contributed by atoms with E-state index < -0.39 is 0 Å². The molecule has 1 aromatic carbocycles. The highest BCUT2D eigenvalue weighted by atomic mass is 19.1. The van der Waals surface area contributed by atoms with Crippen LogP contribution in [-0.2, 0) is 6.54 Å². The molecule has 20 heavy (non-hydrogen) atoms. The monoisotopic (exact) mass is 274 g/mol. The molecular formula is C15H19FN4. The lowest BCUT2D eigenvalue weighted by atomic mass is 10.3. The van der Waals surface area contributed by atoms with Crippen molar-refractivity contribution < 1.29 is 4.39 Å². The number of nitrogens with one attached hydrogen (secondary N) is 1. The zero-order chi connectivity index (χ0) is 14.4. The molecule has 0 atom stereocenters. The van der Waals surface area contributed by atoms with Crippen molar-refractivity contribution in [2.24, 2.45) is 0 Å². The molecule has 4 nitrogen and oxygen atoms in total. The van der Waals surface area contributed by atoms with Crippen molar-refractivity contribution in [2.45, 2.75) is 19.9 Å². The Hall–Kier alpha value is -2.01. The summed E-state index contributed by atoms with van der Waals surface area (Å²) in [5.74, 6) is 0.498. The topological polar surface area (TPSA) is 41.1 Å². The molecule has 0 aliphatic heterocycles. The fourth-order valence-corrected chi connectivity index (χ4v) is 1.83. The van der Waals surface area contributed by atoms with Gasteiger partial charge in [0, 0.05) is 25.5 Å². The first-order valence-electron chi connectivity index (χ1n) is 6.71. The Bertz CT molecular complexity index is 542. The SMILES string of the molecule is CCCNCc1cncc(N(C)c2ccc(F)cc2)n1. The van der Waals surface area contributed by atoms with Gasteiger partial charge in [-0.2, -0.15) is 0 Å². The van der Waals surface area contributed by atoms with Crippen molar-refractivity contribution in [1.82, 2.24) is 15.3 Å². The molecule has 0 radical (unpaired) electrons. The van der Waals surface area contributed by atoms with Crippen LogP contribution in [0.5, 0.6) is 0 Å². The van der Waals surface area contributed by atoms with Gasteiger partial charge in [0.05, 0.1) is 11.9 Å². The van der Waals surface area contributed by atoms with Gasteiger partial charge in [0.1, 0.15) is 5.82 Å². The van der Waals surface area contributed by atoms with Gasteiger partial charge in [0.25, 0.3) is 0 Å². The van der Waals surface area contributed by atoms with Gasteiger partial charge in [0.15, 0.2) is 5.82 Å². The minimum atomic E-state index is -0.245. The van der Waals surface area contributed by atoms with Crippen LogP contribution in [0.15, 0.2) is 36.7 Å². The number of aromatic nitrogens is 2. The van der Waals surface area contributed by atoms with Gasteiger partial charge in [-0.15, -0.1) is 0 Å². The van der Waals surface area contributed by atoms with E-state index in [-0.39, 0.29) is 5.82 Å². The number of hydrogen-bond donors (Lipinski definition) is 1. The third kappa shape index (κ3) is 3.74. The maximum absolute atomic E-state index is 12.9. The molecule has 0 saturated heterocycles. The molecule has 2 aromatic rings. The van der Waals surface area contributed by atoms with Crippen LogP contribution in [0, 0.1) is 5.82 Å². The molecule has 0 unspecified atom stereocenters. The van der Waals surface area contributed by atoms with E-state index in [1.165, 1.54) is 12.1 Å². The summed E-state index contributed by atoms with van der Waals surface area (Å²) in [6.45, 7) is 3.78. The van der Waals surface area contributed by atoms with Gasteiger partial charge in [0.2, 0.25) is 0 Å². The Morgan fingerprint density at radius 2 is 1.95 bits per heavy atom. The molecule has 106 valence electrons. The Kier molecular flexibility index (Phi) is 5.01. The van der Waals surface area contributed by atoms with E-state index in [2.05, 4.69) is 22.2 Å². The van der Waals surface area contributed by atoms with E-state index in [9.17, 15) is 4.39 Å². The first-order chi connectivity index (χ1) is 9.70. The van der Waals surface area contributed by atoms with E-state index in [0.717, 1.165) is 30.2 Å². The van der Waals surface area contributed by atoms with E-state index in [0.29, 0.717) is 6.54 Å². The maximum Gasteiger partial charge on any atom is 0.151 e. The summed E-state index contributed by atoms with van der Waals surface area (Å²) in [6.07, 6.45) is 4.54. The van der Waals surface area contributed by atoms with Crippen molar-refractivity contribution in [3.63, 3.8) is 0 Å². The predicted octanol–water partition coefficient (Wildman–Crippen LogP) is 2.88. The summed E-state index contributed by atoms with van der Waals surface area (Å²) in [5.41, 5.74) is 1.77. The Morgan fingerprint density at radius 1 is 1.20 bits per heavy atom. The molecule has 1 N–H and O–H groups in total. The normalized spacial score (nSPS) is 10.6. The third-order valence-electron chi connectivity index (χ3n) is 2.96. The molecule has 1 heterocycles. The second kappa shape index (κ2) is 6.96. The van der Waals surface area contributed by atoms with Crippen LogP contribution in [0.3, 0.4) is 0 Å². The van der Waals surface area contributed by atoms with E-state index in [1.54, 1.807) is 24.5 Å². The van der Waals surface area contributed by atoms with Gasteiger partial charge in [-0.3, -0.25) is 4.98 Å². The van der Waals surface area contributed by atoms with Gasteiger partial charge >= 0.3 is 0 Å². The molecule has 0 aliphatic rings. The lowest BCUT2D eigenvalue weighted by Crippen LogP contribution is -2.17. The van der Waals surface area contributed by atoms with Crippen LogP contribution < -0.4 is 10.2 Å². The number of anilines is 2. The van der Waals surface area contributed by atoms with Crippen molar-refractivity contribution >= 4 is 11.5 Å². The molecule has 2 rings (SSSR count). The fourth-order valence-electron chi connectivity index (χ4n) is 1.83. The van der Waals surface area contributed by atoms with Crippen LogP contribution in [0.4, 0.5) is 15.9 Å².